The summed E-state index contributed by atoms with van der Waals surface area (Å²) < 4.78 is 18.5. The maximum absolute atomic E-state index is 12.6. The number of hydrogen-bond acceptors (Lipinski definition) is 5. The minimum atomic E-state index is -0.443. The van der Waals surface area contributed by atoms with Crippen molar-refractivity contribution in [1.29, 1.82) is 0 Å². The first-order valence-electron chi connectivity index (χ1n) is 12.0. The fourth-order valence-electron chi connectivity index (χ4n) is 4.30. The summed E-state index contributed by atoms with van der Waals surface area (Å²) in [4.78, 5) is 12.6. The second-order valence-electron chi connectivity index (χ2n) is 8.62. The monoisotopic (exact) mass is 568 g/mol. The molecule has 38 heavy (non-hydrogen) atoms. The molecule has 1 amide bonds. The Morgan fingerprint density at radius 1 is 1.03 bits per heavy atom. The van der Waals surface area contributed by atoms with E-state index < -0.39 is 5.91 Å². The molecule has 1 aromatic heterocycles. The molecule has 1 N–H and O–H groups in total. The first-order chi connectivity index (χ1) is 18.6. The van der Waals surface area contributed by atoms with E-state index in [0.29, 0.717) is 30.1 Å². The zero-order chi connectivity index (χ0) is 26.5. The van der Waals surface area contributed by atoms with Gasteiger partial charge in [-0.15, -0.1) is 6.58 Å². The molecular weight excluding hydrogens is 544 g/mol. The first-order valence-corrected chi connectivity index (χ1v) is 12.8. The van der Waals surface area contributed by atoms with Crippen molar-refractivity contribution in [3.8, 4) is 11.5 Å². The third kappa shape index (κ3) is 5.48. The third-order valence-electron chi connectivity index (χ3n) is 6.07. The van der Waals surface area contributed by atoms with E-state index in [2.05, 4.69) is 57.3 Å². The Hall–Kier alpha value is -4.36. The first kappa shape index (κ1) is 25.3. The van der Waals surface area contributed by atoms with Gasteiger partial charge in [0.1, 0.15) is 12.2 Å². The van der Waals surface area contributed by atoms with Crippen LogP contribution in [0.2, 0.25) is 0 Å². The summed E-state index contributed by atoms with van der Waals surface area (Å²) in [6, 6.07) is 25.4. The van der Waals surface area contributed by atoms with Gasteiger partial charge in [-0.1, -0.05) is 64.5 Å². The van der Waals surface area contributed by atoms with Gasteiger partial charge in [0.05, 0.1) is 13.3 Å². The third-order valence-corrected chi connectivity index (χ3v) is 6.57. The molecule has 5 rings (SSSR count). The fraction of sp³-hybridized carbons (Fsp3) is 0.0968. The number of carbonyl (C=O) groups is 1. The van der Waals surface area contributed by atoms with Gasteiger partial charge in [0.25, 0.3) is 0 Å². The van der Waals surface area contributed by atoms with Gasteiger partial charge >= 0.3 is 5.91 Å². The molecule has 0 aliphatic carbocycles. The molecule has 0 bridgehead atoms. The van der Waals surface area contributed by atoms with Crippen molar-refractivity contribution in [3.63, 3.8) is 0 Å². The van der Waals surface area contributed by atoms with Gasteiger partial charge in [-0.3, -0.25) is 4.79 Å². The Bertz CT molecular complexity index is 1670. The minimum absolute atomic E-state index is 0.178. The number of amides is 1. The number of halogens is 1. The number of ether oxygens (including phenoxy) is 2. The smallest absolute Gasteiger partial charge is 0.307 e. The quantitative estimate of drug-likeness (QED) is 0.114. The summed E-state index contributed by atoms with van der Waals surface area (Å²) in [5, 5.41) is 7.26. The normalized spacial score (nSPS) is 11.2. The Labute approximate surface area is 228 Å². The van der Waals surface area contributed by atoms with Gasteiger partial charge in [-0.2, -0.15) is 5.10 Å². The Morgan fingerprint density at radius 3 is 2.71 bits per heavy atom. The molecule has 0 atom stereocenters. The van der Waals surface area contributed by atoms with Crippen LogP contribution >= 0.6 is 15.9 Å². The lowest BCUT2D eigenvalue weighted by atomic mass is 10.0. The zero-order valence-corrected chi connectivity index (χ0v) is 22.3. The lowest BCUT2D eigenvalue weighted by molar-refractivity contribution is 0.0929. The summed E-state index contributed by atoms with van der Waals surface area (Å²) in [6.07, 6.45) is 3.94. The van der Waals surface area contributed by atoms with Crippen molar-refractivity contribution < 1.29 is 18.7 Å². The molecule has 190 valence electrons. The molecule has 0 unspecified atom stereocenters. The highest BCUT2D eigenvalue weighted by Gasteiger charge is 2.15. The van der Waals surface area contributed by atoms with Crippen LogP contribution in [0.25, 0.3) is 21.7 Å². The van der Waals surface area contributed by atoms with Crippen LogP contribution in [0.5, 0.6) is 11.5 Å². The minimum Gasteiger partial charge on any atom is -0.493 e. The Kier molecular flexibility index (Phi) is 7.56. The summed E-state index contributed by atoms with van der Waals surface area (Å²) in [6.45, 7) is 4.27. The van der Waals surface area contributed by atoms with Crippen molar-refractivity contribution in [3.05, 3.63) is 118 Å². The van der Waals surface area contributed by atoms with Crippen molar-refractivity contribution in [2.24, 2.45) is 5.10 Å². The van der Waals surface area contributed by atoms with Crippen LogP contribution in [0.4, 0.5) is 0 Å². The van der Waals surface area contributed by atoms with E-state index in [0.717, 1.165) is 37.3 Å². The summed E-state index contributed by atoms with van der Waals surface area (Å²) >= 11 is 3.42. The van der Waals surface area contributed by atoms with Crippen molar-refractivity contribution in [2.75, 3.05) is 7.11 Å². The molecule has 0 aliphatic rings. The highest BCUT2D eigenvalue weighted by atomic mass is 79.9. The van der Waals surface area contributed by atoms with Crippen molar-refractivity contribution in [2.45, 2.75) is 13.0 Å². The highest BCUT2D eigenvalue weighted by Crippen LogP contribution is 2.34. The fourth-order valence-corrected chi connectivity index (χ4v) is 4.67. The van der Waals surface area contributed by atoms with Crippen LogP contribution in [0.1, 0.15) is 27.2 Å². The molecule has 5 aromatic rings. The topological polar surface area (TPSA) is 73.1 Å². The number of benzene rings is 4. The summed E-state index contributed by atoms with van der Waals surface area (Å²) in [7, 11) is 1.60. The van der Waals surface area contributed by atoms with E-state index in [1.807, 2.05) is 48.5 Å². The molecule has 0 saturated carbocycles. The number of carbonyl (C=O) groups excluding carboxylic acids is 1. The molecule has 6 nitrogen and oxygen atoms in total. The molecular formula is C31H25BrN2O4. The van der Waals surface area contributed by atoms with Gasteiger partial charge in [-0.05, 0) is 64.7 Å². The van der Waals surface area contributed by atoms with Crippen LogP contribution in [-0.4, -0.2) is 19.2 Å². The van der Waals surface area contributed by atoms with E-state index in [4.69, 9.17) is 13.9 Å². The van der Waals surface area contributed by atoms with Gasteiger partial charge in [0.2, 0.25) is 0 Å². The molecule has 1 heterocycles. The average molecular weight is 569 g/mol. The molecule has 0 spiro atoms. The number of fused-ring (bicyclic) bond motifs is 2. The average Bonchev–Trinajstić information content (AvgIpc) is 3.36. The number of hydrogen-bond donors (Lipinski definition) is 1. The van der Waals surface area contributed by atoms with Gasteiger partial charge in [-0.25, -0.2) is 5.43 Å². The van der Waals surface area contributed by atoms with E-state index in [1.165, 1.54) is 0 Å². The largest absolute Gasteiger partial charge is 0.493 e. The Morgan fingerprint density at radius 2 is 1.87 bits per heavy atom. The van der Waals surface area contributed by atoms with E-state index in [9.17, 15) is 4.79 Å². The number of hydrazone groups is 1. The number of rotatable bonds is 9. The van der Waals surface area contributed by atoms with Crippen LogP contribution in [-0.2, 0) is 13.0 Å². The molecule has 4 aromatic carbocycles. The number of methoxy groups -OCH3 is 1. The van der Waals surface area contributed by atoms with Crippen molar-refractivity contribution in [1.82, 2.24) is 5.43 Å². The van der Waals surface area contributed by atoms with Gasteiger partial charge in [0.15, 0.2) is 17.3 Å². The van der Waals surface area contributed by atoms with Crippen LogP contribution in [0, 0.1) is 0 Å². The maximum Gasteiger partial charge on any atom is 0.307 e. The standard InChI is InChI=1S/C31H25BrN2O4/c1-3-7-22-14-20(18-33-34-31(35)29-17-24-16-25(32)12-13-27(24)38-29)15-28(36-2)30(22)37-19-23-10-6-9-21-8-4-5-11-26(21)23/h3-6,8-18H,1,7,19H2,2H3,(H,34,35)/b33-18+. The molecule has 0 radical (unpaired) electrons. The summed E-state index contributed by atoms with van der Waals surface area (Å²) in [5.41, 5.74) is 5.87. The van der Waals surface area contributed by atoms with Gasteiger partial charge in [0, 0.05) is 15.4 Å². The molecule has 0 fully saturated rings. The molecule has 0 aliphatic heterocycles. The highest BCUT2D eigenvalue weighted by molar-refractivity contribution is 9.10. The van der Waals surface area contributed by atoms with Crippen molar-refractivity contribution >= 4 is 49.8 Å². The summed E-state index contributed by atoms with van der Waals surface area (Å²) in [5.74, 6) is 0.953. The number of nitrogens with one attached hydrogen (secondary N) is 1. The SMILES string of the molecule is C=CCc1cc(/C=N/NC(=O)c2cc3cc(Br)ccc3o2)cc(OC)c1OCc1cccc2ccccc12. The zero-order valence-electron chi connectivity index (χ0n) is 20.7. The van der Waals surface area contributed by atoms with Gasteiger partial charge < -0.3 is 13.9 Å². The second-order valence-corrected chi connectivity index (χ2v) is 9.54. The van der Waals surface area contributed by atoms with E-state index in [1.54, 1.807) is 25.5 Å². The number of allylic oxidation sites excluding steroid dienone is 1. The van der Waals surface area contributed by atoms with E-state index in [-0.39, 0.29) is 5.76 Å². The molecule has 7 heteroatoms. The molecule has 0 saturated heterocycles. The lowest BCUT2D eigenvalue weighted by Crippen LogP contribution is -2.16. The van der Waals surface area contributed by atoms with Crippen LogP contribution < -0.4 is 14.9 Å². The van der Waals surface area contributed by atoms with Crippen LogP contribution in [0.15, 0.2) is 106 Å². The predicted octanol–water partition coefficient (Wildman–Crippen LogP) is 7.43. The second kappa shape index (κ2) is 11.4. The maximum atomic E-state index is 12.6. The van der Waals surface area contributed by atoms with Crippen LogP contribution in [0.3, 0.4) is 0 Å². The predicted molar refractivity (Wildman–Crippen MR) is 154 cm³/mol. The number of furan rings is 1. The lowest BCUT2D eigenvalue weighted by Gasteiger charge is -2.16. The van der Waals surface area contributed by atoms with E-state index >= 15 is 0 Å². The Balaban J connectivity index is 1.34. The number of nitrogens with zero attached hydrogens (tertiary/aromatic N) is 1.